The Morgan fingerprint density at radius 1 is 1.60 bits per heavy atom. The number of likely N-dealkylation sites (N-methyl/N-ethyl adjacent to an activating group) is 1. The number of nitrogens with one attached hydrogen (secondary N) is 1. The van der Waals surface area contributed by atoms with E-state index in [2.05, 4.69) is 5.32 Å². The van der Waals surface area contributed by atoms with Gasteiger partial charge < -0.3 is 5.11 Å². The molecule has 0 aliphatic carbocycles. The third kappa shape index (κ3) is 2.33. The first-order valence-corrected chi connectivity index (χ1v) is 4.75. The number of carbonyl (C=O) groups is 1. The van der Waals surface area contributed by atoms with Gasteiger partial charge in [-0.25, -0.2) is 9.18 Å². The predicted octanol–water partition coefficient (Wildman–Crippen LogP) is 1.73. The fourth-order valence-corrected chi connectivity index (χ4v) is 1.45. The van der Waals surface area contributed by atoms with E-state index in [0.29, 0.717) is 12.1 Å². The molecule has 3 nitrogen and oxygen atoms in total. The molecular weight excluding hydrogens is 197 g/mol. The van der Waals surface area contributed by atoms with E-state index in [9.17, 15) is 9.18 Å². The summed E-state index contributed by atoms with van der Waals surface area (Å²) in [6, 6.07) is 5.62. The molecule has 0 heterocycles. The van der Waals surface area contributed by atoms with Crippen molar-refractivity contribution >= 4 is 5.97 Å². The Labute approximate surface area is 87.9 Å². The summed E-state index contributed by atoms with van der Waals surface area (Å²) in [6.07, 6.45) is 0. The highest BCUT2D eigenvalue weighted by atomic mass is 19.1. The van der Waals surface area contributed by atoms with Crippen LogP contribution in [0.5, 0.6) is 0 Å². The first-order valence-electron chi connectivity index (χ1n) is 4.75. The summed E-state index contributed by atoms with van der Waals surface area (Å²) in [5.74, 6) is -1.45. The number of carboxylic acid groups (broad SMARTS) is 1. The average molecular weight is 211 g/mol. The number of carboxylic acids is 1. The molecule has 15 heavy (non-hydrogen) atoms. The van der Waals surface area contributed by atoms with Gasteiger partial charge in [-0.1, -0.05) is 19.1 Å². The van der Waals surface area contributed by atoms with E-state index in [1.165, 1.54) is 25.1 Å². The van der Waals surface area contributed by atoms with E-state index < -0.39 is 17.3 Å². The summed E-state index contributed by atoms with van der Waals surface area (Å²) in [7, 11) is 0. The minimum atomic E-state index is -1.24. The molecule has 4 heteroatoms. The van der Waals surface area contributed by atoms with Gasteiger partial charge in [0.15, 0.2) is 0 Å². The molecule has 1 rings (SSSR count). The fourth-order valence-electron chi connectivity index (χ4n) is 1.45. The number of rotatable bonds is 4. The van der Waals surface area contributed by atoms with E-state index in [1.54, 1.807) is 13.0 Å². The van der Waals surface area contributed by atoms with Crippen molar-refractivity contribution in [2.45, 2.75) is 19.4 Å². The molecule has 0 aromatic heterocycles. The van der Waals surface area contributed by atoms with Crippen LogP contribution in [-0.4, -0.2) is 17.6 Å². The van der Waals surface area contributed by atoms with Crippen molar-refractivity contribution in [1.82, 2.24) is 5.32 Å². The molecule has 0 saturated heterocycles. The van der Waals surface area contributed by atoms with Gasteiger partial charge in [0.05, 0.1) is 0 Å². The summed E-state index contributed by atoms with van der Waals surface area (Å²) in [6.45, 7) is 3.83. The number of benzene rings is 1. The molecule has 0 aliphatic rings. The smallest absolute Gasteiger partial charge is 0.328 e. The Balaban J connectivity index is 3.15. The van der Waals surface area contributed by atoms with Gasteiger partial charge in [-0.05, 0) is 31.2 Å². The van der Waals surface area contributed by atoms with E-state index in [0.717, 1.165) is 0 Å². The van der Waals surface area contributed by atoms with Crippen LogP contribution in [0.15, 0.2) is 24.3 Å². The van der Waals surface area contributed by atoms with Crippen LogP contribution < -0.4 is 5.32 Å². The second-order valence-electron chi connectivity index (χ2n) is 3.47. The van der Waals surface area contributed by atoms with E-state index >= 15 is 0 Å². The number of halogens is 1. The minimum absolute atomic E-state index is 0.414. The molecule has 2 N–H and O–H groups in total. The molecule has 1 atom stereocenters. The monoisotopic (exact) mass is 211 g/mol. The van der Waals surface area contributed by atoms with Gasteiger partial charge in [0.25, 0.3) is 0 Å². The molecule has 1 aromatic carbocycles. The van der Waals surface area contributed by atoms with Crippen molar-refractivity contribution in [3.8, 4) is 0 Å². The highest BCUT2D eigenvalue weighted by molar-refractivity contribution is 5.80. The van der Waals surface area contributed by atoms with Crippen molar-refractivity contribution in [3.63, 3.8) is 0 Å². The maximum atomic E-state index is 13.0. The van der Waals surface area contributed by atoms with E-state index in [-0.39, 0.29) is 0 Å². The van der Waals surface area contributed by atoms with Crippen LogP contribution in [0.25, 0.3) is 0 Å². The third-order valence-electron chi connectivity index (χ3n) is 2.36. The van der Waals surface area contributed by atoms with Gasteiger partial charge in [-0.15, -0.1) is 0 Å². The zero-order valence-electron chi connectivity index (χ0n) is 8.75. The van der Waals surface area contributed by atoms with Gasteiger partial charge in [0.1, 0.15) is 11.4 Å². The molecule has 0 aliphatic heterocycles. The van der Waals surface area contributed by atoms with Crippen LogP contribution in [0.2, 0.25) is 0 Å². The summed E-state index contributed by atoms with van der Waals surface area (Å²) < 4.78 is 13.0. The second kappa shape index (κ2) is 4.40. The van der Waals surface area contributed by atoms with Crippen molar-refractivity contribution in [2.24, 2.45) is 0 Å². The first-order chi connectivity index (χ1) is 7.00. The largest absolute Gasteiger partial charge is 0.480 e. The van der Waals surface area contributed by atoms with Crippen LogP contribution in [0.1, 0.15) is 19.4 Å². The van der Waals surface area contributed by atoms with Gasteiger partial charge in [-0.3, -0.25) is 5.32 Å². The van der Waals surface area contributed by atoms with Gasteiger partial charge in [0.2, 0.25) is 0 Å². The van der Waals surface area contributed by atoms with Crippen LogP contribution in [0, 0.1) is 5.82 Å². The van der Waals surface area contributed by atoms with Crippen molar-refractivity contribution < 1.29 is 14.3 Å². The van der Waals surface area contributed by atoms with Gasteiger partial charge in [-0.2, -0.15) is 0 Å². The van der Waals surface area contributed by atoms with E-state index in [4.69, 9.17) is 5.11 Å². The Hall–Kier alpha value is -1.42. The van der Waals surface area contributed by atoms with Gasteiger partial charge >= 0.3 is 5.97 Å². The third-order valence-corrected chi connectivity index (χ3v) is 2.36. The maximum Gasteiger partial charge on any atom is 0.328 e. The molecule has 0 spiro atoms. The predicted molar refractivity (Wildman–Crippen MR) is 55.1 cm³/mol. The Bertz CT molecular complexity index is 367. The Morgan fingerprint density at radius 2 is 2.27 bits per heavy atom. The highest BCUT2D eigenvalue weighted by Crippen LogP contribution is 2.21. The molecule has 0 saturated carbocycles. The first kappa shape index (κ1) is 11.7. The number of hydrogen-bond acceptors (Lipinski definition) is 2. The molecule has 0 radical (unpaired) electrons. The molecule has 0 bridgehead atoms. The lowest BCUT2D eigenvalue weighted by Gasteiger charge is -2.26. The zero-order chi connectivity index (χ0) is 11.5. The lowest BCUT2D eigenvalue weighted by atomic mass is 9.92. The SMILES string of the molecule is CCNC(C)(C(=O)O)c1cccc(F)c1. The molecule has 1 unspecified atom stereocenters. The second-order valence-corrected chi connectivity index (χ2v) is 3.47. The quantitative estimate of drug-likeness (QED) is 0.797. The minimum Gasteiger partial charge on any atom is -0.480 e. The van der Waals surface area contributed by atoms with Crippen LogP contribution in [0.3, 0.4) is 0 Å². The topological polar surface area (TPSA) is 49.3 Å². The molecule has 1 aromatic rings. The summed E-state index contributed by atoms with van der Waals surface area (Å²) >= 11 is 0. The summed E-state index contributed by atoms with van der Waals surface area (Å²) in [4.78, 5) is 11.1. The van der Waals surface area contributed by atoms with Crippen molar-refractivity contribution in [2.75, 3.05) is 6.54 Å². The lowest BCUT2D eigenvalue weighted by Crippen LogP contribution is -2.46. The summed E-state index contributed by atoms with van der Waals surface area (Å²) in [5.41, 5.74) is -0.825. The van der Waals surface area contributed by atoms with Crippen molar-refractivity contribution in [3.05, 3.63) is 35.6 Å². The Morgan fingerprint density at radius 3 is 2.73 bits per heavy atom. The fraction of sp³-hybridized carbons (Fsp3) is 0.364. The highest BCUT2D eigenvalue weighted by Gasteiger charge is 2.34. The van der Waals surface area contributed by atoms with Crippen LogP contribution >= 0.6 is 0 Å². The number of aliphatic carboxylic acids is 1. The van der Waals surface area contributed by atoms with Crippen molar-refractivity contribution in [1.29, 1.82) is 0 Å². The Kier molecular flexibility index (Phi) is 3.42. The van der Waals surface area contributed by atoms with E-state index in [1.807, 2.05) is 0 Å². The standard InChI is InChI=1S/C11H14FNO2/c1-3-13-11(2,10(14)15)8-5-4-6-9(12)7-8/h4-7,13H,3H2,1-2H3,(H,14,15). The molecular formula is C11H14FNO2. The molecule has 82 valence electrons. The average Bonchev–Trinajstić information content (AvgIpc) is 2.17. The summed E-state index contributed by atoms with van der Waals surface area (Å²) in [5, 5.41) is 12.0. The molecule has 0 fully saturated rings. The molecule has 0 amide bonds. The lowest BCUT2D eigenvalue weighted by molar-refractivity contribution is -0.144. The number of hydrogen-bond donors (Lipinski definition) is 2. The maximum absolute atomic E-state index is 13.0. The zero-order valence-corrected chi connectivity index (χ0v) is 8.75. The van der Waals surface area contributed by atoms with Crippen LogP contribution in [0.4, 0.5) is 4.39 Å². The van der Waals surface area contributed by atoms with Gasteiger partial charge in [0, 0.05) is 0 Å². The van der Waals surface area contributed by atoms with Crippen LogP contribution in [-0.2, 0) is 10.3 Å². The normalized spacial score (nSPS) is 14.6.